The number of aromatic nitrogens is 1. The molecule has 0 spiro atoms. The van der Waals surface area contributed by atoms with Gasteiger partial charge in [-0.1, -0.05) is 22.0 Å². The third-order valence-electron chi connectivity index (χ3n) is 2.47. The molecule has 0 fully saturated rings. The molecular weight excluding hydrogens is 349 g/mol. The van der Waals surface area contributed by atoms with E-state index >= 15 is 0 Å². The number of hydrogen-bond donors (Lipinski definition) is 0. The molecule has 0 saturated heterocycles. The first-order chi connectivity index (χ1) is 8.16. The molecule has 0 aliphatic rings. The Morgan fingerprint density at radius 2 is 1.88 bits per heavy atom. The van der Waals surface area contributed by atoms with Gasteiger partial charge in [0.05, 0.1) is 4.47 Å². The second-order valence-electron chi connectivity index (χ2n) is 3.70. The van der Waals surface area contributed by atoms with Gasteiger partial charge in [-0.2, -0.15) is 0 Å². The topological polar surface area (TPSA) is 12.9 Å². The first-order valence-corrected chi connectivity index (χ1v) is 6.85. The quantitative estimate of drug-likeness (QED) is 0.727. The summed E-state index contributed by atoms with van der Waals surface area (Å²) < 4.78 is 13.6. The van der Waals surface area contributed by atoms with Gasteiger partial charge in [0.1, 0.15) is 5.82 Å². The summed E-state index contributed by atoms with van der Waals surface area (Å²) in [5, 5.41) is 0. The number of halogens is 3. The SMILES string of the molecule is Fc1ccc(C(Br)Cc2ccncc2)cc1Br. The Labute approximate surface area is 116 Å². The zero-order valence-electron chi connectivity index (χ0n) is 8.91. The fraction of sp³-hybridized carbons (Fsp3) is 0.154. The van der Waals surface area contributed by atoms with Gasteiger partial charge in [-0.3, -0.25) is 4.98 Å². The van der Waals surface area contributed by atoms with Crippen molar-refractivity contribution in [2.24, 2.45) is 0 Å². The van der Waals surface area contributed by atoms with Crippen LogP contribution in [0.3, 0.4) is 0 Å². The number of hydrogen-bond acceptors (Lipinski definition) is 1. The molecule has 4 heteroatoms. The van der Waals surface area contributed by atoms with E-state index in [0.717, 1.165) is 12.0 Å². The highest BCUT2D eigenvalue weighted by atomic mass is 79.9. The smallest absolute Gasteiger partial charge is 0.137 e. The molecular formula is C13H10Br2FN. The van der Waals surface area contributed by atoms with Crippen molar-refractivity contribution in [2.45, 2.75) is 11.2 Å². The van der Waals surface area contributed by atoms with E-state index < -0.39 is 0 Å². The molecule has 2 aromatic rings. The highest BCUT2D eigenvalue weighted by Crippen LogP contribution is 2.29. The van der Waals surface area contributed by atoms with Gasteiger partial charge in [0.25, 0.3) is 0 Å². The zero-order chi connectivity index (χ0) is 12.3. The Hall–Kier alpha value is -0.740. The van der Waals surface area contributed by atoms with E-state index in [1.54, 1.807) is 24.5 Å². The van der Waals surface area contributed by atoms with Crippen LogP contribution in [0, 0.1) is 5.82 Å². The first-order valence-electron chi connectivity index (χ1n) is 5.15. The molecule has 1 atom stereocenters. The van der Waals surface area contributed by atoms with Crippen molar-refractivity contribution in [1.82, 2.24) is 4.98 Å². The number of nitrogens with zero attached hydrogens (tertiary/aromatic N) is 1. The van der Waals surface area contributed by atoms with Crippen molar-refractivity contribution in [2.75, 3.05) is 0 Å². The van der Waals surface area contributed by atoms with Crippen molar-refractivity contribution in [3.05, 3.63) is 64.1 Å². The van der Waals surface area contributed by atoms with Gasteiger partial charge in [0.15, 0.2) is 0 Å². The fourth-order valence-corrected chi connectivity index (χ4v) is 2.61. The summed E-state index contributed by atoms with van der Waals surface area (Å²) >= 11 is 6.81. The predicted octanol–water partition coefficient (Wildman–Crippen LogP) is 4.66. The Kier molecular flexibility index (Phi) is 4.29. The minimum Gasteiger partial charge on any atom is -0.265 e. The third-order valence-corrected chi connectivity index (χ3v) is 3.93. The van der Waals surface area contributed by atoms with Crippen molar-refractivity contribution in [3.63, 3.8) is 0 Å². The van der Waals surface area contributed by atoms with Crippen LogP contribution < -0.4 is 0 Å². The van der Waals surface area contributed by atoms with Crippen LogP contribution in [0.5, 0.6) is 0 Å². The second kappa shape index (κ2) is 5.74. The Morgan fingerprint density at radius 1 is 1.18 bits per heavy atom. The van der Waals surface area contributed by atoms with Crippen molar-refractivity contribution in [1.29, 1.82) is 0 Å². The maximum absolute atomic E-state index is 13.1. The van der Waals surface area contributed by atoms with Gasteiger partial charge in [-0.25, -0.2) is 4.39 Å². The molecule has 0 radical (unpaired) electrons. The first kappa shape index (κ1) is 12.7. The fourth-order valence-electron chi connectivity index (χ4n) is 1.55. The maximum atomic E-state index is 13.1. The van der Waals surface area contributed by atoms with Crippen LogP contribution >= 0.6 is 31.9 Å². The summed E-state index contributed by atoms with van der Waals surface area (Å²) in [6, 6.07) is 9.02. The van der Waals surface area contributed by atoms with Crippen LogP contribution in [-0.4, -0.2) is 4.98 Å². The van der Waals surface area contributed by atoms with Crippen molar-refractivity contribution in [3.8, 4) is 0 Å². The van der Waals surface area contributed by atoms with Crippen LogP contribution in [0.4, 0.5) is 4.39 Å². The van der Waals surface area contributed by atoms with Crippen LogP contribution in [0.15, 0.2) is 47.2 Å². The van der Waals surface area contributed by atoms with E-state index in [1.807, 2.05) is 12.1 Å². The normalized spacial score (nSPS) is 12.4. The van der Waals surface area contributed by atoms with E-state index in [9.17, 15) is 4.39 Å². The highest BCUT2D eigenvalue weighted by molar-refractivity contribution is 9.10. The average Bonchev–Trinajstić information content (AvgIpc) is 2.34. The molecule has 1 nitrogen and oxygen atoms in total. The molecule has 0 amide bonds. The number of alkyl halides is 1. The molecule has 0 aliphatic heterocycles. The van der Waals surface area contributed by atoms with Crippen molar-refractivity contribution < 1.29 is 4.39 Å². The largest absolute Gasteiger partial charge is 0.265 e. The third kappa shape index (κ3) is 3.36. The summed E-state index contributed by atoms with van der Waals surface area (Å²) in [4.78, 5) is 4.15. The second-order valence-corrected chi connectivity index (χ2v) is 5.66. The summed E-state index contributed by atoms with van der Waals surface area (Å²) in [7, 11) is 0. The van der Waals surface area contributed by atoms with Crippen LogP contribution in [0.2, 0.25) is 0 Å². The average molecular weight is 359 g/mol. The summed E-state index contributed by atoms with van der Waals surface area (Å²) in [6.07, 6.45) is 4.39. The van der Waals surface area contributed by atoms with Gasteiger partial charge in [0, 0.05) is 17.2 Å². The number of benzene rings is 1. The minimum atomic E-state index is -0.239. The molecule has 88 valence electrons. The van der Waals surface area contributed by atoms with Gasteiger partial charge in [-0.15, -0.1) is 0 Å². The lowest BCUT2D eigenvalue weighted by molar-refractivity contribution is 0.620. The van der Waals surface area contributed by atoms with Gasteiger partial charge < -0.3 is 0 Å². The van der Waals surface area contributed by atoms with Gasteiger partial charge in [0.2, 0.25) is 0 Å². The maximum Gasteiger partial charge on any atom is 0.137 e. The Bertz CT molecular complexity index is 502. The molecule has 1 aromatic heterocycles. The van der Waals surface area contributed by atoms with E-state index in [4.69, 9.17) is 0 Å². The van der Waals surface area contributed by atoms with E-state index in [2.05, 4.69) is 36.8 Å². The molecule has 0 saturated carbocycles. The number of pyridine rings is 1. The standard InChI is InChI=1S/C13H10Br2FN/c14-11(7-9-3-5-17-6-4-9)10-1-2-13(16)12(15)8-10/h1-6,8,11H,7H2. The molecule has 1 unspecified atom stereocenters. The predicted molar refractivity (Wildman–Crippen MR) is 73.7 cm³/mol. The van der Waals surface area contributed by atoms with Gasteiger partial charge >= 0.3 is 0 Å². The lowest BCUT2D eigenvalue weighted by Gasteiger charge is -2.10. The Balaban J connectivity index is 2.14. The zero-order valence-corrected chi connectivity index (χ0v) is 12.1. The highest BCUT2D eigenvalue weighted by Gasteiger charge is 2.10. The van der Waals surface area contributed by atoms with Crippen molar-refractivity contribution >= 4 is 31.9 Å². The molecule has 1 heterocycles. The van der Waals surface area contributed by atoms with Crippen LogP contribution in [-0.2, 0) is 6.42 Å². The van der Waals surface area contributed by atoms with E-state index in [-0.39, 0.29) is 10.6 Å². The van der Waals surface area contributed by atoms with Crippen LogP contribution in [0.1, 0.15) is 16.0 Å². The molecule has 0 aliphatic carbocycles. The molecule has 1 aromatic carbocycles. The van der Waals surface area contributed by atoms with Crippen LogP contribution in [0.25, 0.3) is 0 Å². The molecule has 0 N–H and O–H groups in total. The molecule has 2 rings (SSSR count). The summed E-state index contributed by atoms with van der Waals surface area (Å²) in [5.74, 6) is -0.239. The van der Waals surface area contributed by atoms with Gasteiger partial charge in [-0.05, 0) is 57.7 Å². The van der Waals surface area contributed by atoms with E-state index in [0.29, 0.717) is 4.47 Å². The summed E-state index contributed by atoms with van der Waals surface area (Å²) in [5.41, 5.74) is 2.25. The van der Waals surface area contributed by atoms with E-state index in [1.165, 1.54) is 11.6 Å². The summed E-state index contributed by atoms with van der Waals surface area (Å²) in [6.45, 7) is 0. The Morgan fingerprint density at radius 3 is 2.53 bits per heavy atom. The lowest BCUT2D eigenvalue weighted by Crippen LogP contribution is -1.96. The number of rotatable bonds is 3. The lowest BCUT2D eigenvalue weighted by atomic mass is 10.1. The monoisotopic (exact) mass is 357 g/mol. The molecule has 0 bridgehead atoms. The molecule has 17 heavy (non-hydrogen) atoms. The minimum absolute atomic E-state index is 0.168.